The molecule has 5 aromatic carbocycles. The summed E-state index contributed by atoms with van der Waals surface area (Å²) in [7, 11) is 1.30. The van der Waals surface area contributed by atoms with Crippen LogP contribution in [0.15, 0.2) is 140 Å². The van der Waals surface area contributed by atoms with Gasteiger partial charge in [0, 0.05) is 17.7 Å². The number of carbonyl (C=O) groups is 2. The number of nitrogens with zero attached hydrogens (tertiary/aromatic N) is 3. The van der Waals surface area contributed by atoms with Crippen molar-refractivity contribution in [1.82, 2.24) is 14.1 Å². The number of hydrogen-bond donors (Lipinski definition) is 0. The van der Waals surface area contributed by atoms with Crippen molar-refractivity contribution in [3.63, 3.8) is 0 Å². The molecule has 0 bridgehead atoms. The van der Waals surface area contributed by atoms with E-state index >= 15 is 0 Å². The van der Waals surface area contributed by atoms with Crippen LogP contribution in [0.4, 0.5) is 13.2 Å². The topological polar surface area (TPSA) is 66.1 Å². The highest BCUT2D eigenvalue weighted by Crippen LogP contribution is 2.39. The Hall–Kier alpha value is -6.22. The zero-order valence-corrected chi connectivity index (χ0v) is 26.9. The Morgan fingerprint density at radius 2 is 1.36 bits per heavy atom. The maximum atomic E-state index is 14.7. The van der Waals surface area contributed by atoms with E-state index in [-0.39, 0.29) is 5.78 Å². The number of esters is 1. The largest absolute Gasteiger partial charge is 0.465 e. The third-order valence-corrected chi connectivity index (χ3v) is 8.66. The number of aryl methyl sites for hydroxylation is 2. The summed E-state index contributed by atoms with van der Waals surface area (Å²) < 4.78 is 49.7. The second-order valence-electron chi connectivity index (χ2n) is 11.8. The number of aromatic nitrogens is 3. The van der Waals surface area contributed by atoms with Gasteiger partial charge in [0.2, 0.25) is 11.7 Å². The highest BCUT2D eigenvalue weighted by molar-refractivity contribution is 6.13. The van der Waals surface area contributed by atoms with Crippen LogP contribution in [-0.2, 0) is 23.9 Å². The second-order valence-corrected chi connectivity index (χ2v) is 11.8. The molecule has 2 aromatic heterocycles. The number of rotatable bonds is 9. The Morgan fingerprint density at radius 1 is 0.720 bits per heavy atom. The maximum Gasteiger partial charge on any atom is 0.416 e. The Morgan fingerprint density at radius 3 is 2.00 bits per heavy atom. The van der Waals surface area contributed by atoms with Crippen LogP contribution in [0.1, 0.15) is 37.5 Å². The molecule has 7 aromatic rings. The van der Waals surface area contributed by atoms with Gasteiger partial charge < -0.3 is 9.30 Å². The van der Waals surface area contributed by atoms with E-state index in [1.165, 1.54) is 19.2 Å². The average molecular weight is 670 g/mol. The number of hydrogen-bond acceptors (Lipinski definition) is 4. The fourth-order valence-corrected chi connectivity index (χ4v) is 6.19. The van der Waals surface area contributed by atoms with Crippen LogP contribution in [0.3, 0.4) is 0 Å². The third-order valence-electron chi connectivity index (χ3n) is 8.66. The molecule has 0 aliphatic rings. The molecule has 0 amide bonds. The van der Waals surface area contributed by atoms with Gasteiger partial charge in [-0.05, 0) is 59.5 Å². The van der Waals surface area contributed by atoms with Crippen molar-refractivity contribution in [1.29, 1.82) is 0 Å². The van der Waals surface area contributed by atoms with Crippen LogP contribution < -0.4 is 0 Å². The highest BCUT2D eigenvalue weighted by Gasteiger charge is 2.32. The molecule has 0 saturated heterocycles. The van der Waals surface area contributed by atoms with E-state index in [0.717, 1.165) is 23.3 Å². The van der Waals surface area contributed by atoms with Crippen LogP contribution in [0.2, 0.25) is 0 Å². The summed E-state index contributed by atoms with van der Waals surface area (Å²) in [6.07, 6.45) is -3.91. The second kappa shape index (κ2) is 13.4. The molecule has 7 rings (SSSR count). The van der Waals surface area contributed by atoms with Crippen molar-refractivity contribution < 1.29 is 27.5 Å². The first-order valence-corrected chi connectivity index (χ1v) is 15.9. The molecule has 0 atom stereocenters. The molecule has 6 nitrogen and oxygen atoms in total. The van der Waals surface area contributed by atoms with Crippen molar-refractivity contribution in [2.45, 2.75) is 19.1 Å². The standard InChI is InChI=1S/C41H30F3N3O3/c1-50-39(49)31-19-22-35-34(25-31)45-40(46(35)24-23-27-11-5-2-6-12-27)47-36(29-17-20-32(21-18-29)41(42,43)44)26-33(28-13-7-3-8-14-28)37(47)38(48)30-15-9-4-10-16-30/h2-22,25-26H,23-24H2,1H3. The fourth-order valence-electron chi connectivity index (χ4n) is 6.19. The molecule has 9 heteroatoms. The van der Waals surface area contributed by atoms with Crippen molar-refractivity contribution >= 4 is 22.8 Å². The summed E-state index contributed by atoms with van der Waals surface area (Å²) in [4.78, 5) is 32.3. The summed E-state index contributed by atoms with van der Waals surface area (Å²) in [5, 5.41) is 0. The van der Waals surface area contributed by atoms with Crippen LogP contribution in [0.25, 0.3) is 39.4 Å². The number of halogens is 3. The summed E-state index contributed by atoms with van der Waals surface area (Å²) in [6.45, 7) is 0.442. The average Bonchev–Trinajstić information content (AvgIpc) is 3.72. The lowest BCUT2D eigenvalue weighted by molar-refractivity contribution is -0.137. The number of methoxy groups -OCH3 is 1. The van der Waals surface area contributed by atoms with Crippen LogP contribution in [0, 0.1) is 0 Å². The van der Waals surface area contributed by atoms with Gasteiger partial charge in [-0.2, -0.15) is 13.2 Å². The number of fused-ring (bicyclic) bond motifs is 1. The van der Waals surface area contributed by atoms with Gasteiger partial charge in [-0.1, -0.05) is 103 Å². The van der Waals surface area contributed by atoms with Gasteiger partial charge in [0.15, 0.2) is 0 Å². The summed E-state index contributed by atoms with van der Waals surface area (Å²) in [6, 6.07) is 39.9. The van der Waals surface area contributed by atoms with E-state index in [1.807, 2.05) is 77.4 Å². The smallest absolute Gasteiger partial charge is 0.416 e. The van der Waals surface area contributed by atoms with Gasteiger partial charge in [0.25, 0.3) is 0 Å². The first-order valence-electron chi connectivity index (χ1n) is 15.9. The van der Waals surface area contributed by atoms with Crippen molar-refractivity contribution in [3.05, 3.63) is 167 Å². The molecule has 0 aliphatic heterocycles. The molecule has 0 aliphatic carbocycles. The minimum atomic E-state index is -4.52. The fraction of sp³-hybridized carbons (Fsp3) is 0.0976. The predicted octanol–water partition coefficient (Wildman–Crippen LogP) is 9.44. The molecular formula is C41H30F3N3O3. The molecule has 0 radical (unpaired) electrons. The molecule has 0 N–H and O–H groups in total. The van der Waals surface area contributed by atoms with E-state index in [4.69, 9.17) is 9.72 Å². The number of benzene rings is 5. The minimum absolute atomic E-state index is 0.292. The predicted molar refractivity (Wildman–Crippen MR) is 186 cm³/mol. The molecular weight excluding hydrogens is 639 g/mol. The van der Waals surface area contributed by atoms with Crippen LogP contribution in [-0.4, -0.2) is 33.0 Å². The van der Waals surface area contributed by atoms with E-state index in [2.05, 4.69) is 0 Å². The quantitative estimate of drug-likeness (QED) is 0.114. The van der Waals surface area contributed by atoms with Gasteiger partial charge in [0.05, 0.1) is 35.0 Å². The number of alkyl halides is 3. The first-order chi connectivity index (χ1) is 24.2. The first kappa shape index (κ1) is 32.3. The Labute approximate surface area is 286 Å². The monoisotopic (exact) mass is 669 g/mol. The Balaban J connectivity index is 1.55. The van der Waals surface area contributed by atoms with Gasteiger partial charge in [-0.3, -0.25) is 9.36 Å². The van der Waals surface area contributed by atoms with E-state index in [0.29, 0.717) is 63.6 Å². The zero-order valence-electron chi connectivity index (χ0n) is 26.9. The van der Waals surface area contributed by atoms with E-state index in [1.54, 1.807) is 47.0 Å². The summed E-state index contributed by atoms with van der Waals surface area (Å²) in [5.41, 5.74) is 4.79. The van der Waals surface area contributed by atoms with Gasteiger partial charge in [-0.25, -0.2) is 9.78 Å². The molecule has 0 spiro atoms. The van der Waals surface area contributed by atoms with E-state index < -0.39 is 17.7 Å². The van der Waals surface area contributed by atoms with Crippen LogP contribution in [0.5, 0.6) is 0 Å². The van der Waals surface area contributed by atoms with Gasteiger partial charge in [-0.15, -0.1) is 0 Å². The zero-order chi connectivity index (χ0) is 34.8. The Kier molecular flexibility index (Phi) is 8.64. The SMILES string of the molecule is COC(=O)c1ccc2c(c1)nc(-n1c(-c3ccc(C(F)(F)F)cc3)cc(-c3ccccc3)c1C(=O)c1ccccc1)n2CCc1ccccc1. The highest BCUT2D eigenvalue weighted by atomic mass is 19.4. The molecule has 0 unspecified atom stereocenters. The number of carbonyl (C=O) groups excluding carboxylic acids is 2. The van der Waals surface area contributed by atoms with Crippen LogP contribution >= 0.6 is 0 Å². The van der Waals surface area contributed by atoms with Crippen molar-refractivity contribution in [2.24, 2.45) is 0 Å². The van der Waals surface area contributed by atoms with Gasteiger partial charge >= 0.3 is 12.1 Å². The van der Waals surface area contributed by atoms with E-state index in [9.17, 15) is 22.8 Å². The Bertz CT molecular complexity index is 2310. The van der Waals surface area contributed by atoms with Crippen molar-refractivity contribution in [2.75, 3.05) is 7.11 Å². The number of imidazole rings is 1. The summed E-state index contributed by atoms with van der Waals surface area (Å²) >= 11 is 0. The lowest BCUT2D eigenvalue weighted by Crippen LogP contribution is -2.16. The van der Waals surface area contributed by atoms with Crippen molar-refractivity contribution in [3.8, 4) is 28.3 Å². The molecule has 248 valence electrons. The number of ketones is 1. The number of ether oxygens (including phenoxy) is 1. The maximum absolute atomic E-state index is 14.7. The lowest BCUT2D eigenvalue weighted by atomic mass is 10.00. The molecule has 0 fully saturated rings. The van der Waals surface area contributed by atoms with Gasteiger partial charge in [0.1, 0.15) is 5.69 Å². The third kappa shape index (κ3) is 6.21. The molecule has 2 heterocycles. The summed E-state index contributed by atoms with van der Waals surface area (Å²) in [5.74, 6) is -0.446. The lowest BCUT2D eigenvalue weighted by Gasteiger charge is -2.17. The normalized spacial score (nSPS) is 11.5. The minimum Gasteiger partial charge on any atom is -0.465 e. The molecule has 50 heavy (non-hydrogen) atoms. The molecule has 0 saturated carbocycles.